The number of hydrogen-bond donors (Lipinski definition) is 2. The van der Waals surface area contributed by atoms with E-state index in [0.717, 1.165) is 59.9 Å². The first-order chi connectivity index (χ1) is 21.0. The van der Waals surface area contributed by atoms with Gasteiger partial charge < -0.3 is 24.3 Å². The van der Waals surface area contributed by atoms with E-state index in [2.05, 4.69) is 71.8 Å². The zero-order valence-corrected chi connectivity index (χ0v) is 28.2. The van der Waals surface area contributed by atoms with E-state index >= 15 is 0 Å². The highest BCUT2D eigenvalue weighted by atomic mass is 16.6. The third-order valence-electron chi connectivity index (χ3n) is 14.6. The van der Waals surface area contributed by atoms with Crippen molar-refractivity contribution in [1.29, 1.82) is 0 Å². The molecular weight excluding hydrogens is 562 g/mol. The minimum absolute atomic E-state index is 0.0102. The number of aliphatic hydroxyl groups is 2. The summed E-state index contributed by atoms with van der Waals surface area (Å²) < 4.78 is 15.0. The van der Waals surface area contributed by atoms with Gasteiger partial charge in [0.2, 0.25) is 0 Å². The Kier molecular flexibility index (Phi) is 5.29. The molecule has 9 rings (SSSR count). The zero-order chi connectivity index (χ0) is 32.0. The van der Waals surface area contributed by atoms with Crippen LogP contribution in [0.2, 0.25) is 0 Å². The summed E-state index contributed by atoms with van der Waals surface area (Å²) in [6.45, 7) is 22.1. The second-order valence-electron chi connectivity index (χ2n) is 17.7. The van der Waals surface area contributed by atoms with Crippen molar-refractivity contribution in [2.24, 2.45) is 28.6 Å². The maximum Gasteiger partial charge on any atom is 0.192 e. The number of carbonyl (C=O) groups excluding carboxylic acids is 1. The van der Waals surface area contributed by atoms with E-state index in [1.165, 1.54) is 16.6 Å². The molecule has 7 aliphatic rings. The van der Waals surface area contributed by atoms with Gasteiger partial charge in [0.05, 0.1) is 34.5 Å². The molecule has 0 amide bonds. The molecular formula is C39H49NO5. The number of ether oxygens (including phenoxy) is 2. The van der Waals surface area contributed by atoms with Crippen LogP contribution in [-0.4, -0.2) is 44.2 Å². The summed E-state index contributed by atoms with van der Waals surface area (Å²) in [7, 11) is 0. The van der Waals surface area contributed by atoms with Crippen molar-refractivity contribution in [3.8, 4) is 0 Å². The van der Waals surface area contributed by atoms with Gasteiger partial charge in [-0.15, -0.1) is 0 Å². The van der Waals surface area contributed by atoms with Crippen molar-refractivity contribution in [1.82, 2.24) is 4.57 Å². The molecule has 1 aromatic carbocycles. The second-order valence-corrected chi connectivity index (χ2v) is 17.7. The molecule has 0 radical (unpaired) electrons. The van der Waals surface area contributed by atoms with Gasteiger partial charge in [-0.05, 0) is 113 Å². The van der Waals surface area contributed by atoms with E-state index < -0.39 is 29.6 Å². The van der Waals surface area contributed by atoms with Crippen LogP contribution in [-0.2, 0) is 21.3 Å². The quantitative estimate of drug-likeness (QED) is 0.330. The lowest BCUT2D eigenvalue weighted by Crippen LogP contribution is -2.61. The third-order valence-corrected chi connectivity index (χ3v) is 14.6. The molecule has 0 spiro atoms. The monoisotopic (exact) mass is 611 g/mol. The van der Waals surface area contributed by atoms with Crippen molar-refractivity contribution in [3.63, 3.8) is 0 Å². The average Bonchev–Trinajstić information content (AvgIpc) is 3.65. The summed E-state index contributed by atoms with van der Waals surface area (Å²) >= 11 is 0. The van der Waals surface area contributed by atoms with Crippen LogP contribution < -0.4 is 0 Å². The Balaban J connectivity index is 1.32. The molecule has 6 heteroatoms. The van der Waals surface area contributed by atoms with Crippen molar-refractivity contribution in [2.45, 2.75) is 135 Å². The van der Waals surface area contributed by atoms with Crippen LogP contribution in [0.1, 0.15) is 132 Å². The van der Waals surface area contributed by atoms with Gasteiger partial charge in [0, 0.05) is 39.8 Å². The van der Waals surface area contributed by atoms with Crippen LogP contribution in [0.4, 0.5) is 0 Å². The van der Waals surface area contributed by atoms with Gasteiger partial charge in [-0.3, -0.25) is 4.79 Å². The largest absolute Gasteiger partial charge is 0.388 e. The molecule has 10 atom stereocenters. The van der Waals surface area contributed by atoms with Gasteiger partial charge in [0.15, 0.2) is 12.1 Å². The number of fused-ring (bicyclic) bond motifs is 13. The highest BCUT2D eigenvalue weighted by Gasteiger charge is 2.69. The molecule has 240 valence electrons. The van der Waals surface area contributed by atoms with Crippen LogP contribution in [0.3, 0.4) is 0 Å². The molecule has 4 heterocycles. The number of nitrogens with zero attached hydrogens (tertiary/aromatic N) is 1. The predicted molar refractivity (Wildman–Crippen MR) is 174 cm³/mol. The SMILES string of the molecule is C=C(C)[C@H]1C(=O)c2c3c(cc4c5c(n1c24)[C@@]1(C)[C@@H](CC[C@H]2[C@]4(C)CC(O)O[C@H]4CC[C@@]21C)C5)C1=CC(C)(C)OC(C)(C)[C@H]1[C@@H]3O. The predicted octanol–water partition coefficient (Wildman–Crippen LogP) is 7.34. The first-order valence-electron chi connectivity index (χ1n) is 17.3. The van der Waals surface area contributed by atoms with Crippen LogP contribution in [0.15, 0.2) is 24.3 Å². The molecule has 3 fully saturated rings. The number of hydrogen-bond acceptors (Lipinski definition) is 5. The topological polar surface area (TPSA) is 80.9 Å². The number of aliphatic hydroxyl groups excluding tert-OH is 2. The number of Topliss-reactive ketones (excluding diaryl/α,β-unsaturated/α-hetero) is 1. The van der Waals surface area contributed by atoms with E-state index in [1.807, 2.05) is 6.92 Å². The number of ketones is 1. The van der Waals surface area contributed by atoms with E-state index in [-0.39, 0.29) is 34.1 Å². The minimum Gasteiger partial charge on any atom is -0.388 e. The summed E-state index contributed by atoms with van der Waals surface area (Å²) in [5.74, 6) is 0.747. The Morgan fingerprint density at radius 1 is 1.07 bits per heavy atom. The maximum atomic E-state index is 14.8. The summed E-state index contributed by atoms with van der Waals surface area (Å²) in [6, 6.07) is 1.87. The molecule has 1 saturated heterocycles. The molecule has 6 nitrogen and oxygen atoms in total. The van der Waals surface area contributed by atoms with E-state index in [1.54, 1.807) is 0 Å². The lowest BCUT2D eigenvalue weighted by Gasteiger charge is -2.64. The number of allylic oxidation sites excluding steroid dienone is 1. The highest BCUT2D eigenvalue weighted by molar-refractivity contribution is 6.18. The standard InChI is InChI=1S/C39H49NO5/c1-18(2)30-33(43)28-27-20(23-16-35(3,4)45-36(5,6)29(23)32(27)42)15-21-22-14-19-10-11-24-37(7)17-26(41)44-25(37)12-13-38(24,8)39(19,9)34(22)40(30)31(21)28/h15-16,19,24-26,29-30,32,41-42H,1,10-14,17H2,2-9H3/t19-,24-,25-,26?,29+,30-,32+,37-,38-,39+/m0/s1. The summed E-state index contributed by atoms with van der Waals surface area (Å²) in [5.41, 5.74) is 6.97. The van der Waals surface area contributed by atoms with Crippen LogP contribution in [0.25, 0.3) is 16.5 Å². The Morgan fingerprint density at radius 3 is 2.51 bits per heavy atom. The molecule has 2 N–H and O–H groups in total. The maximum absolute atomic E-state index is 14.8. The average molecular weight is 612 g/mol. The second kappa shape index (κ2) is 8.24. The zero-order valence-electron chi connectivity index (χ0n) is 28.2. The summed E-state index contributed by atoms with van der Waals surface area (Å²) in [5, 5.41) is 24.0. The molecule has 3 aliphatic heterocycles. The number of benzene rings is 1. The number of carbonyl (C=O) groups is 1. The first kappa shape index (κ1) is 28.9. The highest BCUT2D eigenvalue weighted by Crippen LogP contribution is 2.73. The molecule has 45 heavy (non-hydrogen) atoms. The fourth-order valence-corrected chi connectivity index (χ4v) is 13.1. The van der Waals surface area contributed by atoms with Crippen molar-refractivity contribution >= 4 is 22.3 Å². The smallest absolute Gasteiger partial charge is 0.192 e. The summed E-state index contributed by atoms with van der Waals surface area (Å²) in [6.07, 6.45) is 6.79. The Hall–Kier alpha value is -2.25. The molecule has 1 unspecified atom stereocenters. The normalized spacial score (nSPS) is 44.6. The third kappa shape index (κ3) is 3.11. The molecule has 4 aliphatic carbocycles. The van der Waals surface area contributed by atoms with E-state index in [9.17, 15) is 15.0 Å². The lowest BCUT2D eigenvalue weighted by atomic mass is 9.40. The summed E-state index contributed by atoms with van der Waals surface area (Å²) in [4.78, 5) is 14.8. The van der Waals surface area contributed by atoms with Crippen molar-refractivity contribution in [3.05, 3.63) is 52.2 Å². The fraction of sp³-hybridized carbons (Fsp3) is 0.667. The number of aromatic nitrogens is 1. The van der Waals surface area contributed by atoms with Crippen LogP contribution in [0, 0.1) is 28.6 Å². The van der Waals surface area contributed by atoms with Crippen molar-refractivity contribution < 1.29 is 24.5 Å². The molecule has 2 aromatic rings. The molecule has 2 saturated carbocycles. The Labute approximate surface area is 266 Å². The van der Waals surface area contributed by atoms with Gasteiger partial charge >= 0.3 is 0 Å². The van der Waals surface area contributed by atoms with E-state index in [0.29, 0.717) is 23.8 Å². The molecule has 1 aromatic heterocycles. The molecule has 0 bridgehead atoms. The Morgan fingerprint density at radius 2 is 1.80 bits per heavy atom. The van der Waals surface area contributed by atoms with Gasteiger partial charge in [-0.2, -0.15) is 0 Å². The fourth-order valence-electron chi connectivity index (χ4n) is 13.1. The van der Waals surface area contributed by atoms with Crippen molar-refractivity contribution in [2.75, 3.05) is 0 Å². The first-order valence-corrected chi connectivity index (χ1v) is 17.3. The van der Waals surface area contributed by atoms with Gasteiger partial charge in [0.25, 0.3) is 0 Å². The van der Waals surface area contributed by atoms with Crippen LogP contribution >= 0.6 is 0 Å². The number of rotatable bonds is 1. The minimum atomic E-state index is -0.813. The van der Waals surface area contributed by atoms with E-state index in [4.69, 9.17) is 9.47 Å². The van der Waals surface area contributed by atoms with Gasteiger partial charge in [-0.1, -0.05) is 32.9 Å². The van der Waals surface area contributed by atoms with Gasteiger partial charge in [-0.25, -0.2) is 0 Å². The van der Waals surface area contributed by atoms with Gasteiger partial charge in [0.1, 0.15) is 6.04 Å². The lowest BCUT2D eigenvalue weighted by molar-refractivity contribution is -0.158. The van der Waals surface area contributed by atoms with Crippen LogP contribution in [0.5, 0.6) is 0 Å². The Bertz CT molecular complexity index is 1790.